The molecule has 1 saturated carbocycles. The first-order valence-corrected chi connectivity index (χ1v) is 12.0. The lowest BCUT2D eigenvalue weighted by Crippen LogP contribution is -2.37. The van der Waals surface area contributed by atoms with Crippen molar-refractivity contribution >= 4 is 16.9 Å². The SMILES string of the molecule is O=c1c2ccc(-c3cnc(N4CCOCC4)nc3)cc2n(Cc2ccccc2OC(F)F)n1C1CC1. The van der Waals surface area contributed by atoms with Crippen LogP contribution in [0.15, 0.2) is 59.7 Å². The molecule has 1 aliphatic carbocycles. The first-order chi connectivity index (χ1) is 17.6. The lowest BCUT2D eigenvalue weighted by atomic mass is 10.1. The number of halogens is 2. The van der Waals surface area contributed by atoms with Crippen LogP contribution in [0, 0.1) is 0 Å². The lowest BCUT2D eigenvalue weighted by molar-refractivity contribution is -0.0505. The summed E-state index contributed by atoms with van der Waals surface area (Å²) in [5, 5.41) is 0.587. The van der Waals surface area contributed by atoms with Crippen LogP contribution < -0.4 is 15.2 Å². The maximum absolute atomic E-state index is 13.3. The summed E-state index contributed by atoms with van der Waals surface area (Å²) in [5.41, 5.74) is 2.93. The van der Waals surface area contributed by atoms with Crippen molar-refractivity contribution in [1.82, 2.24) is 19.3 Å². The van der Waals surface area contributed by atoms with E-state index in [2.05, 4.69) is 14.9 Å². The van der Waals surface area contributed by atoms with E-state index in [9.17, 15) is 13.6 Å². The van der Waals surface area contributed by atoms with Crippen molar-refractivity contribution in [2.45, 2.75) is 32.0 Å². The Labute approximate surface area is 205 Å². The lowest BCUT2D eigenvalue weighted by Gasteiger charge is -2.26. The number of para-hydroxylation sites is 1. The second-order valence-corrected chi connectivity index (χ2v) is 9.03. The Hall–Kier alpha value is -3.79. The van der Waals surface area contributed by atoms with E-state index in [-0.39, 0.29) is 23.9 Å². The molecular weight excluding hydrogens is 468 g/mol. The summed E-state index contributed by atoms with van der Waals surface area (Å²) in [5.74, 6) is 0.767. The first kappa shape index (κ1) is 22.7. The van der Waals surface area contributed by atoms with Gasteiger partial charge in [0.05, 0.1) is 36.7 Å². The summed E-state index contributed by atoms with van der Waals surface area (Å²) in [6.07, 6.45) is 5.39. The van der Waals surface area contributed by atoms with Crippen molar-refractivity contribution in [3.8, 4) is 16.9 Å². The number of hydrogen-bond acceptors (Lipinski definition) is 6. The van der Waals surface area contributed by atoms with Crippen LogP contribution >= 0.6 is 0 Å². The molecule has 10 heteroatoms. The number of alkyl halides is 2. The van der Waals surface area contributed by atoms with Gasteiger partial charge in [0.1, 0.15) is 5.75 Å². The molecule has 1 saturated heterocycles. The first-order valence-electron chi connectivity index (χ1n) is 12.0. The number of rotatable bonds is 7. The summed E-state index contributed by atoms with van der Waals surface area (Å²) in [6, 6.07) is 12.5. The highest BCUT2D eigenvalue weighted by Crippen LogP contribution is 2.36. The largest absolute Gasteiger partial charge is 0.434 e. The minimum Gasteiger partial charge on any atom is -0.434 e. The highest BCUT2D eigenvalue weighted by atomic mass is 19.3. The number of anilines is 1. The Balaban J connectivity index is 1.39. The molecule has 2 aliphatic rings. The predicted molar refractivity (Wildman–Crippen MR) is 131 cm³/mol. The average molecular weight is 494 g/mol. The minimum atomic E-state index is -2.93. The van der Waals surface area contributed by atoms with Gasteiger partial charge in [-0.05, 0) is 36.6 Å². The summed E-state index contributed by atoms with van der Waals surface area (Å²) in [4.78, 5) is 24.5. The van der Waals surface area contributed by atoms with Gasteiger partial charge in [-0.15, -0.1) is 0 Å². The molecule has 2 fully saturated rings. The molecule has 0 atom stereocenters. The van der Waals surface area contributed by atoms with E-state index in [1.54, 1.807) is 35.3 Å². The molecule has 0 bridgehead atoms. The Bertz CT molecular complexity index is 1440. The Morgan fingerprint density at radius 1 is 1.03 bits per heavy atom. The van der Waals surface area contributed by atoms with E-state index < -0.39 is 6.61 Å². The number of morpholine rings is 1. The Morgan fingerprint density at radius 2 is 1.78 bits per heavy atom. The number of fused-ring (bicyclic) bond motifs is 1. The van der Waals surface area contributed by atoms with Gasteiger partial charge in [0.2, 0.25) is 5.95 Å². The highest BCUT2D eigenvalue weighted by molar-refractivity contribution is 5.84. The molecule has 3 heterocycles. The Morgan fingerprint density at radius 3 is 2.50 bits per heavy atom. The van der Waals surface area contributed by atoms with Crippen LogP contribution in [0.25, 0.3) is 22.0 Å². The van der Waals surface area contributed by atoms with Gasteiger partial charge in [-0.1, -0.05) is 24.3 Å². The number of ether oxygens (including phenoxy) is 2. The third-order valence-corrected chi connectivity index (χ3v) is 6.64. The number of nitrogens with zero attached hydrogens (tertiary/aromatic N) is 5. The fourth-order valence-corrected chi connectivity index (χ4v) is 4.70. The van der Waals surface area contributed by atoms with E-state index in [1.807, 2.05) is 22.9 Å². The van der Waals surface area contributed by atoms with E-state index in [4.69, 9.17) is 9.47 Å². The van der Waals surface area contributed by atoms with E-state index >= 15 is 0 Å². The van der Waals surface area contributed by atoms with E-state index in [0.717, 1.165) is 42.6 Å². The van der Waals surface area contributed by atoms with Crippen molar-refractivity contribution in [1.29, 1.82) is 0 Å². The van der Waals surface area contributed by atoms with Crippen LogP contribution in [0.3, 0.4) is 0 Å². The molecule has 4 aromatic rings. The fraction of sp³-hybridized carbons (Fsp3) is 0.346. The Kier molecular flexibility index (Phi) is 5.88. The molecule has 0 spiro atoms. The van der Waals surface area contributed by atoms with Crippen molar-refractivity contribution in [3.05, 3.63) is 70.8 Å². The molecule has 0 radical (unpaired) electrons. The molecule has 2 aromatic carbocycles. The molecule has 8 nitrogen and oxygen atoms in total. The van der Waals surface area contributed by atoms with Gasteiger partial charge in [0, 0.05) is 36.6 Å². The van der Waals surface area contributed by atoms with E-state index in [1.165, 1.54) is 6.07 Å². The predicted octanol–water partition coefficient (Wildman–Crippen LogP) is 4.08. The number of hydrogen-bond donors (Lipinski definition) is 0. The van der Waals surface area contributed by atoms with Crippen LogP contribution in [-0.2, 0) is 11.3 Å². The number of aromatic nitrogens is 4. The van der Waals surface area contributed by atoms with Gasteiger partial charge in [0.25, 0.3) is 5.56 Å². The maximum Gasteiger partial charge on any atom is 0.387 e. The van der Waals surface area contributed by atoms with Gasteiger partial charge >= 0.3 is 6.61 Å². The zero-order chi connectivity index (χ0) is 24.6. The quantitative estimate of drug-likeness (QED) is 0.386. The van der Waals surface area contributed by atoms with Crippen molar-refractivity contribution in [3.63, 3.8) is 0 Å². The summed E-state index contributed by atoms with van der Waals surface area (Å²) in [6.45, 7) is 0.122. The molecule has 0 unspecified atom stereocenters. The summed E-state index contributed by atoms with van der Waals surface area (Å²) in [7, 11) is 0. The topological polar surface area (TPSA) is 74.4 Å². The molecule has 6 rings (SSSR count). The second-order valence-electron chi connectivity index (χ2n) is 9.03. The molecule has 0 N–H and O–H groups in total. The van der Waals surface area contributed by atoms with Crippen LogP contribution in [0.1, 0.15) is 24.4 Å². The monoisotopic (exact) mass is 493 g/mol. The van der Waals surface area contributed by atoms with E-state index in [0.29, 0.717) is 30.1 Å². The smallest absolute Gasteiger partial charge is 0.387 e. The fourth-order valence-electron chi connectivity index (χ4n) is 4.70. The van der Waals surface area contributed by atoms with Gasteiger partial charge in [0.15, 0.2) is 0 Å². The van der Waals surface area contributed by atoms with Gasteiger partial charge < -0.3 is 14.4 Å². The molecule has 36 heavy (non-hydrogen) atoms. The van der Waals surface area contributed by atoms with Crippen molar-refractivity contribution < 1.29 is 18.3 Å². The zero-order valence-electron chi connectivity index (χ0n) is 19.5. The zero-order valence-corrected chi connectivity index (χ0v) is 19.5. The van der Waals surface area contributed by atoms with Crippen molar-refractivity contribution in [2.24, 2.45) is 0 Å². The highest BCUT2D eigenvalue weighted by Gasteiger charge is 2.30. The van der Waals surface area contributed by atoms with Crippen LogP contribution in [-0.4, -0.2) is 52.2 Å². The summed E-state index contributed by atoms with van der Waals surface area (Å²) < 4.78 is 39.8. The van der Waals surface area contributed by atoms with Crippen molar-refractivity contribution in [2.75, 3.05) is 31.2 Å². The standard InChI is InChI=1S/C26H25F2N5O3/c27-25(28)36-23-4-2-1-3-18(23)16-32-22-13-17(5-8-21(22)24(34)33(32)20-6-7-20)19-14-29-26(30-15-19)31-9-11-35-12-10-31/h1-5,8,13-15,20,25H,6-7,9-12,16H2. The van der Waals surface area contributed by atoms with Crippen LogP contribution in [0.4, 0.5) is 14.7 Å². The van der Waals surface area contributed by atoms with Crippen LogP contribution in [0.2, 0.25) is 0 Å². The minimum absolute atomic E-state index is 0.0785. The van der Waals surface area contributed by atoms with Gasteiger partial charge in [-0.3, -0.25) is 9.48 Å². The molecule has 0 amide bonds. The van der Waals surface area contributed by atoms with Gasteiger partial charge in [-0.2, -0.15) is 8.78 Å². The van der Waals surface area contributed by atoms with Crippen LogP contribution in [0.5, 0.6) is 5.75 Å². The molecular formula is C26H25F2N5O3. The average Bonchev–Trinajstić information content (AvgIpc) is 3.70. The third kappa shape index (κ3) is 4.32. The summed E-state index contributed by atoms with van der Waals surface area (Å²) >= 11 is 0. The third-order valence-electron chi connectivity index (χ3n) is 6.64. The normalized spacial score (nSPS) is 16.1. The second kappa shape index (κ2) is 9.34. The number of benzene rings is 2. The molecule has 1 aliphatic heterocycles. The molecule has 2 aromatic heterocycles. The van der Waals surface area contributed by atoms with Gasteiger partial charge in [-0.25, -0.2) is 14.6 Å². The maximum atomic E-state index is 13.3. The molecule has 186 valence electrons.